The van der Waals surface area contributed by atoms with E-state index in [1.54, 1.807) is 0 Å². The van der Waals surface area contributed by atoms with E-state index in [-0.39, 0.29) is 5.97 Å². The van der Waals surface area contributed by atoms with Crippen LogP contribution in [0.3, 0.4) is 0 Å². The third kappa shape index (κ3) is 11.1. The first-order chi connectivity index (χ1) is 17.9. The van der Waals surface area contributed by atoms with Gasteiger partial charge in [-0.15, -0.1) is 0 Å². The maximum absolute atomic E-state index is 12.1. The summed E-state index contributed by atoms with van der Waals surface area (Å²) in [6.07, 6.45) is 6.83. The van der Waals surface area contributed by atoms with Crippen molar-refractivity contribution in [1.29, 1.82) is 0 Å². The number of nitrogens with zero attached hydrogens (tertiary/aromatic N) is 1. The fourth-order valence-electron chi connectivity index (χ4n) is 3.94. The summed E-state index contributed by atoms with van der Waals surface area (Å²) in [4.78, 5) is 12.1. The van der Waals surface area contributed by atoms with Crippen LogP contribution in [0.1, 0.15) is 49.7 Å². The van der Waals surface area contributed by atoms with Crippen molar-refractivity contribution in [2.45, 2.75) is 51.6 Å². The van der Waals surface area contributed by atoms with Crippen LogP contribution in [-0.4, -0.2) is 40.3 Å². The maximum Gasteiger partial charge on any atom is 0.310 e. The lowest BCUT2D eigenvalue weighted by molar-refractivity contribution is -0.142. The van der Waals surface area contributed by atoms with Crippen molar-refractivity contribution in [2.75, 3.05) is 34.4 Å². The number of quaternary nitrogens is 1. The number of carbonyl (C=O) groups excluding carboxylic acids is 1. The lowest BCUT2D eigenvalue weighted by Crippen LogP contribution is -2.34. The number of carbonyl (C=O) groups is 1. The molecule has 0 N–H and O–H groups in total. The molecule has 0 aliphatic carbocycles. The molecule has 0 heterocycles. The topological polar surface area (TPSA) is 44.8 Å². The van der Waals surface area contributed by atoms with Gasteiger partial charge in [-0.2, -0.15) is 0 Å². The van der Waals surface area contributed by atoms with Crippen LogP contribution in [0.15, 0.2) is 78.9 Å². The van der Waals surface area contributed by atoms with Crippen molar-refractivity contribution >= 4 is 11.7 Å². The summed E-state index contributed by atoms with van der Waals surface area (Å²) in [6, 6.07) is 26.2. The van der Waals surface area contributed by atoms with Gasteiger partial charge in [0.05, 0.1) is 40.8 Å². The van der Waals surface area contributed by atoms with E-state index in [4.69, 9.17) is 14.2 Å². The van der Waals surface area contributed by atoms with Crippen LogP contribution < -0.4 is 14.0 Å². The number of ether oxygens (including phenoxy) is 3. The first-order valence-electron chi connectivity index (χ1n) is 13.4. The van der Waals surface area contributed by atoms with Crippen LogP contribution >= 0.6 is 0 Å². The molecule has 0 aromatic heterocycles. The van der Waals surface area contributed by atoms with Crippen molar-refractivity contribution in [3.63, 3.8) is 0 Å². The van der Waals surface area contributed by atoms with E-state index in [9.17, 15) is 4.79 Å². The van der Waals surface area contributed by atoms with E-state index in [1.807, 2.05) is 54.6 Å². The standard InChI is InChI=1S/C32H42NO4/c1-33(2,3)29-17-15-27(16-18-29)25-32(34)36-24-12-7-5-4-6-11-23-35-30-19-21-31(22-20-30)37-26-28-13-9-8-10-14-28/h8-10,13-22H,4-7,11-12,23-26H2,1-3H3/q+1. The number of hydrogen-bond donors (Lipinski definition) is 0. The number of unbranched alkanes of at least 4 members (excludes halogenated alkanes) is 5. The molecule has 0 spiro atoms. The summed E-state index contributed by atoms with van der Waals surface area (Å²) < 4.78 is 17.8. The van der Waals surface area contributed by atoms with Gasteiger partial charge in [-0.1, -0.05) is 68.1 Å². The van der Waals surface area contributed by atoms with E-state index in [0.717, 1.165) is 65.8 Å². The highest BCUT2D eigenvalue weighted by atomic mass is 16.5. The molecule has 198 valence electrons. The molecular weight excluding hydrogens is 462 g/mol. The van der Waals surface area contributed by atoms with Gasteiger partial charge >= 0.3 is 5.97 Å². The molecule has 0 bridgehead atoms. The Kier molecular flexibility index (Phi) is 11.5. The van der Waals surface area contributed by atoms with E-state index < -0.39 is 0 Å². The predicted octanol–water partition coefficient (Wildman–Crippen LogP) is 6.97. The molecule has 0 fully saturated rings. The Labute approximate surface area is 222 Å². The molecule has 0 atom stereocenters. The van der Waals surface area contributed by atoms with Crippen molar-refractivity contribution in [2.24, 2.45) is 0 Å². The number of esters is 1. The zero-order chi connectivity index (χ0) is 26.3. The largest absolute Gasteiger partial charge is 0.494 e. The molecular formula is C32H42NO4+. The third-order valence-corrected chi connectivity index (χ3v) is 6.20. The molecule has 0 saturated carbocycles. The molecule has 0 amide bonds. The highest BCUT2D eigenvalue weighted by Crippen LogP contribution is 2.20. The van der Waals surface area contributed by atoms with Crippen LogP contribution in [-0.2, 0) is 22.6 Å². The molecule has 5 heteroatoms. The quantitative estimate of drug-likeness (QED) is 0.120. The first kappa shape index (κ1) is 28.3. The zero-order valence-electron chi connectivity index (χ0n) is 22.7. The minimum absolute atomic E-state index is 0.147. The maximum atomic E-state index is 12.1. The van der Waals surface area contributed by atoms with Crippen LogP contribution in [0.25, 0.3) is 0 Å². The minimum Gasteiger partial charge on any atom is -0.494 e. The van der Waals surface area contributed by atoms with Crippen LogP contribution in [0, 0.1) is 0 Å². The molecule has 0 aliphatic heterocycles. The molecule has 0 saturated heterocycles. The highest BCUT2D eigenvalue weighted by Gasteiger charge is 2.12. The molecule has 3 aromatic carbocycles. The van der Waals surface area contributed by atoms with E-state index in [2.05, 4.69) is 45.4 Å². The fraction of sp³-hybridized carbons (Fsp3) is 0.406. The van der Waals surface area contributed by atoms with Crippen molar-refractivity contribution in [1.82, 2.24) is 4.48 Å². The van der Waals surface area contributed by atoms with E-state index >= 15 is 0 Å². The lowest BCUT2D eigenvalue weighted by Gasteiger charge is -2.23. The van der Waals surface area contributed by atoms with Gasteiger partial charge in [0.2, 0.25) is 0 Å². The van der Waals surface area contributed by atoms with Gasteiger partial charge in [-0.25, -0.2) is 0 Å². The second kappa shape index (κ2) is 15.1. The average Bonchev–Trinajstić information content (AvgIpc) is 2.89. The van der Waals surface area contributed by atoms with Gasteiger partial charge in [0.25, 0.3) is 0 Å². The Morgan fingerprint density at radius 3 is 1.81 bits per heavy atom. The number of hydrogen-bond acceptors (Lipinski definition) is 4. The Bertz CT molecular complexity index is 1040. The summed E-state index contributed by atoms with van der Waals surface area (Å²) in [6.45, 7) is 1.79. The fourth-order valence-corrected chi connectivity index (χ4v) is 3.94. The van der Waals surface area contributed by atoms with Gasteiger partial charge in [-0.05, 0) is 60.4 Å². The van der Waals surface area contributed by atoms with Gasteiger partial charge in [0.1, 0.15) is 23.8 Å². The van der Waals surface area contributed by atoms with Crippen LogP contribution in [0.5, 0.6) is 11.5 Å². The summed E-state index contributed by atoms with van der Waals surface area (Å²) >= 11 is 0. The molecule has 0 unspecified atom stereocenters. The van der Waals surface area contributed by atoms with E-state index in [1.165, 1.54) is 12.1 Å². The smallest absolute Gasteiger partial charge is 0.310 e. The molecule has 37 heavy (non-hydrogen) atoms. The highest BCUT2D eigenvalue weighted by molar-refractivity contribution is 5.72. The van der Waals surface area contributed by atoms with E-state index in [0.29, 0.717) is 19.6 Å². The Morgan fingerprint density at radius 1 is 0.622 bits per heavy atom. The lowest BCUT2D eigenvalue weighted by atomic mass is 10.1. The SMILES string of the molecule is C[N+](C)(C)c1ccc(CC(=O)OCCCCCCCCOc2ccc(OCc3ccccc3)cc2)cc1. The Balaban J connectivity index is 1.16. The molecule has 0 aliphatic rings. The molecule has 3 rings (SSSR count). The average molecular weight is 505 g/mol. The molecule has 0 radical (unpaired) electrons. The van der Waals surface area contributed by atoms with Gasteiger partial charge in [0.15, 0.2) is 0 Å². The number of rotatable bonds is 16. The second-order valence-electron chi connectivity index (χ2n) is 10.3. The Hall–Kier alpha value is -3.31. The van der Waals surface area contributed by atoms with Crippen LogP contribution in [0.2, 0.25) is 0 Å². The second-order valence-corrected chi connectivity index (χ2v) is 10.3. The molecule has 5 nitrogen and oxygen atoms in total. The summed E-state index contributed by atoms with van der Waals surface area (Å²) in [7, 11) is 6.38. The third-order valence-electron chi connectivity index (χ3n) is 6.20. The van der Waals surface area contributed by atoms with Crippen molar-refractivity contribution in [3.8, 4) is 11.5 Å². The Morgan fingerprint density at radius 2 is 1.19 bits per heavy atom. The summed E-state index contributed by atoms with van der Waals surface area (Å²) in [5.74, 6) is 1.57. The normalized spacial score (nSPS) is 11.2. The van der Waals surface area contributed by atoms with Gasteiger partial charge < -0.3 is 14.2 Å². The molecule has 3 aromatic rings. The minimum atomic E-state index is -0.147. The predicted molar refractivity (Wildman–Crippen MR) is 151 cm³/mol. The summed E-state index contributed by atoms with van der Waals surface area (Å²) in [5, 5.41) is 0. The zero-order valence-corrected chi connectivity index (χ0v) is 22.7. The van der Waals surface area contributed by atoms with Gasteiger partial charge in [-0.3, -0.25) is 9.28 Å². The first-order valence-corrected chi connectivity index (χ1v) is 13.4. The number of benzene rings is 3. The van der Waals surface area contributed by atoms with Gasteiger partial charge in [0, 0.05) is 0 Å². The summed E-state index contributed by atoms with van der Waals surface area (Å²) in [5.41, 5.74) is 3.36. The van der Waals surface area contributed by atoms with Crippen molar-refractivity contribution < 1.29 is 19.0 Å². The van der Waals surface area contributed by atoms with Crippen molar-refractivity contribution in [3.05, 3.63) is 90.0 Å². The van der Waals surface area contributed by atoms with Crippen LogP contribution in [0.4, 0.5) is 5.69 Å². The monoisotopic (exact) mass is 504 g/mol.